The van der Waals surface area contributed by atoms with Gasteiger partial charge in [0.25, 0.3) is 5.91 Å². The summed E-state index contributed by atoms with van der Waals surface area (Å²) in [7, 11) is 0. The first-order valence-electron chi connectivity index (χ1n) is 7.98. The van der Waals surface area contributed by atoms with E-state index in [4.69, 9.17) is 0 Å². The van der Waals surface area contributed by atoms with Crippen molar-refractivity contribution in [3.05, 3.63) is 29.3 Å². The molecule has 2 N–H and O–H groups in total. The van der Waals surface area contributed by atoms with E-state index >= 15 is 0 Å². The number of benzene rings is 1. The number of anilines is 1. The second-order valence-electron chi connectivity index (χ2n) is 5.96. The minimum atomic E-state index is 0.0117. The Labute approximate surface area is 127 Å². The first-order chi connectivity index (χ1) is 10.1. The van der Waals surface area contributed by atoms with Crippen LogP contribution < -0.4 is 10.6 Å². The van der Waals surface area contributed by atoms with Gasteiger partial charge in [-0.3, -0.25) is 4.79 Å². The average molecular weight is 289 g/mol. The third kappa shape index (κ3) is 4.46. The maximum Gasteiger partial charge on any atom is 0.253 e. The van der Waals surface area contributed by atoms with Crippen LogP contribution in [-0.2, 0) is 0 Å². The Kier molecular flexibility index (Phi) is 5.62. The Hall–Kier alpha value is -1.55. The number of carbonyl (C=O) groups is 1. The highest BCUT2D eigenvalue weighted by molar-refractivity contribution is 5.99. The maximum absolute atomic E-state index is 12.5. The van der Waals surface area contributed by atoms with Crippen LogP contribution in [0.25, 0.3) is 0 Å². The van der Waals surface area contributed by atoms with Crippen molar-refractivity contribution in [1.29, 1.82) is 0 Å². The number of hydrogen-bond acceptors (Lipinski definition) is 3. The van der Waals surface area contributed by atoms with E-state index in [1.807, 2.05) is 32.0 Å². The molecule has 0 saturated carbocycles. The molecule has 0 aliphatic carbocycles. The zero-order valence-electron chi connectivity index (χ0n) is 13.4. The minimum absolute atomic E-state index is 0.0117. The van der Waals surface area contributed by atoms with Crippen molar-refractivity contribution < 1.29 is 4.79 Å². The third-order valence-electron chi connectivity index (χ3n) is 3.90. The first kappa shape index (κ1) is 15.8. The monoisotopic (exact) mass is 289 g/mol. The summed E-state index contributed by atoms with van der Waals surface area (Å²) in [5.74, 6) is 0.0117. The molecule has 1 amide bonds. The molecule has 4 heteroatoms. The van der Waals surface area contributed by atoms with Crippen LogP contribution in [-0.4, -0.2) is 43.0 Å². The molecule has 2 rings (SSSR count). The Balaban J connectivity index is 1.98. The SMILES string of the molecule is CCNc1cc(C)ccc1C(=O)NC(C)CN1CCCC1. The molecule has 1 fully saturated rings. The van der Waals surface area contributed by atoms with Gasteiger partial charge < -0.3 is 15.5 Å². The number of likely N-dealkylation sites (tertiary alicyclic amines) is 1. The number of carbonyl (C=O) groups excluding carboxylic acids is 1. The Bertz CT molecular complexity index is 481. The molecule has 1 aromatic carbocycles. The van der Waals surface area contributed by atoms with E-state index in [-0.39, 0.29) is 11.9 Å². The lowest BCUT2D eigenvalue weighted by molar-refractivity contribution is 0.0932. The number of nitrogens with zero attached hydrogens (tertiary/aromatic N) is 1. The highest BCUT2D eigenvalue weighted by atomic mass is 16.1. The van der Waals surface area contributed by atoms with Crippen LogP contribution in [0.4, 0.5) is 5.69 Å². The lowest BCUT2D eigenvalue weighted by atomic mass is 10.1. The summed E-state index contributed by atoms with van der Waals surface area (Å²) in [6, 6.07) is 6.10. The highest BCUT2D eigenvalue weighted by Crippen LogP contribution is 2.18. The fourth-order valence-electron chi connectivity index (χ4n) is 2.89. The van der Waals surface area contributed by atoms with Gasteiger partial charge in [-0.1, -0.05) is 6.07 Å². The Morgan fingerprint density at radius 3 is 2.71 bits per heavy atom. The lowest BCUT2D eigenvalue weighted by Crippen LogP contribution is -2.41. The molecule has 116 valence electrons. The van der Waals surface area contributed by atoms with Gasteiger partial charge in [0.1, 0.15) is 0 Å². The lowest BCUT2D eigenvalue weighted by Gasteiger charge is -2.22. The molecular formula is C17H27N3O. The predicted octanol–water partition coefficient (Wildman–Crippen LogP) is 2.64. The molecule has 1 heterocycles. The normalized spacial score (nSPS) is 16.7. The van der Waals surface area contributed by atoms with Gasteiger partial charge in [-0.2, -0.15) is 0 Å². The number of nitrogens with one attached hydrogen (secondary N) is 2. The molecule has 0 radical (unpaired) electrons. The van der Waals surface area contributed by atoms with E-state index in [1.165, 1.54) is 12.8 Å². The zero-order valence-corrected chi connectivity index (χ0v) is 13.4. The Morgan fingerprint density at radius 1 is 1.33 bits per heavy atom. The smallest absolute Gasteiger partial charge is 0.253 e. The average Bonchev–Trinajstić information content (AvgIpc) is 2.91. The number of hydrogen-bond donors (Lipinski definition) is 2. The van der Waals surface area contributed by atoms with Crippen LogP contribution in [0.3, 0.4) is 0 Å². The molecule has 0 spiro atoms. The molecule has 0 aromatic heterocycles. The Morgan fingerprint density at radius 2 is 2.05 bits per heavy atom. The van der Waals surface area contributed by atoms with Crippen LogP contribution >= 0.6 is 0 Å². The molecule has 1 aromatic rings. The van der Waals surface area contributed by atoms with Gasteiger partial charge in [-0.05, 0) is 64.4 Å². The minimum Gasteiger partial charge on any atom is -0.385 e. The van der Waals surface area contributed by atoms with Crippen LogP contribution in [0.2, 0.25) is 0 Å². The number of amides is 1. The zero-order chi connectivity index (χ0) is 15.2. The van der Waals surface area contributed by atoms with E-state index in [2.05, 4.69) is 22.5 Å². The van der Waals surface area contributed by atoms with Crippen molar-refractivity contribution in [1.82, 2.24) is 10.2 Å². The van der Waals surface area contributed by atoms with Gasteiger partial charge >= 0.3 is 0 Å². The maximum atomic E-state index is 12.5. The summed E-state index contributed by atoms with van der Waals surface area (Å²) >= 11 is 0. The summed E-state index contributed by atoms with van der Waals surface area (Å²) in [5, 5.41) is 6.39. The predicted molar refractivity (Wildman–Crippen MR) is 87.9 cm³/mol. The van der Waals surface area contributed by atoms with E-state index in [9.17, 15) is 4.79 Å². The molecule has 1 atom stereocenters. The summed E-state index contributed by atoms with van der Waals surface area (Å²) in [6.45, 7) is 10.2. The van der Waals surface area contributed by atoms with Crippen molar-refractivity contribution in [3.63, 3.8) is 0 Å². The van der Waals surface area contributed by atoms with Gasteiger partial charge in [-0.25, -0.2) is 0 Å². The van der Waals surface area contributed by atoms with E-state index in [1.54, 1.807) is 0 Å². The second-order valence-corrected chi connectivity index (χ2v) is 5.96. The van der Waals surface area contributed by atoms with Crippen LogP contribution in [0.15, 0.2) is 18.2 Å². The third-order valence-corrected chi connectivity index (χ3v) is 3.90. The number of rotatable bonds is 6. The topological polar surface area (TPSA) is 44.4 Å². The van der Waals surface area contributed by atoms with Gasteiger partial charge in [0.2, 0.25) is 0 Å². The first-order valence-corrected chi connectivity index (χ1v) is 7.98. The molecule has 1 unspecified atom stereocenters. The number of aryl methyl sites for hydroxylation is 1. The quantitative estimate of drug-likeness (QED) is 0.846. The molecule has 1 aliphatic heterocycles. The van der Waals surface area contributed by atoms with Crippen LogP contribution in [0.5, 0.6) is 0 Å². The molecule has 21 heavy (non-hydrogen) atoms. The molecule has 1 saturated heterocycles. The van der Waals surface area contributed by atoms with Crippen LogP contribution in [0.1, 0.15) is 42.6 Å². The van der Waals surface area contributed by atoms with E-state index in [0.717, 1.165) is 43.0 Å². The second kappa shape index (κ2) is 7.46. The van der Waals surface area contributed by atoms with Gasteiger partial charge in [0.15, 0.2) is 0 Å². The van der Waals surface area contributed by atoms with Gasteiger partial charge in [0.05, 0.1) is 5.56 Å². The highest BCUT2D eigenvalue weighted by Gasteiger charge is 2.18. The van der Waals surface area contributed by atoms with E-state index in [0.29, 0.717) is 0 Å². The molecule has 0 bridgehead atoms. The fraction of sp³-hybridized carbons (Fsp3) is 0.588. The molecular weight excluding hydrogens is 262 g/mol. The van der Waals surface area contributed by atoms with Gasteiger partial charge in [0, 0.05) is 24.8 Å². The van der Waals surface area contributed by atoms with Crippen molar-refractivity contribution in [2.24, 2.45) is 0 Å². The summed E-state index contributed by atoms with van der Waals surface area (Å²) in [6.07, 6.45) is 2.56. The summed E-state index contributed by atoms with van der Waals surface area (Å²) in [4.78, 5) is 14.9. The van der Waals surface area contributed by atoms with E-state index < -0.39 is 0 Å². The van der Waals surface area contributed by atoms with Crippen LogP contribution in [0, 0.1) is 6.92 Å². The van der Waals surface area contributed by atoms with Gasteiger partial charge in [-0.15, -0.1) is 0 Å². The van der Waals surface area contributed by atoms with Crippen molar-refractivity contribution >= 4 is 11.6 Å². The molecule has 4 nitrogen and oxygen atoms in total. The van der Waals surface area contributed by atoms with Crippen molar-refractivity contribution in [2.75, 3.05) is 31.5 Å². The fourth-order valence-corrected chi connectivity index (χ4v) is 2.89. The van der Waals surface area contributed by atoms with Crippen molar-refractivity contribution in [2.45, 2.75) is 39.7 Å². The largest absolute Gasteiger partial charge is 0.385 e. The summed E-state index contributed by atoms with van der Waals surface area (Å²) in [5.41, 5.74) is 2.81. The van der Waals surface area contributed by atoms with Crippen molar-refractivity contribution in [3.8, 4) is 0 Å². The standard InChI is InChI=1S/C17H27N3O/c1-4-18-16-11-13(2)7-8-15(16)17(21)19-14(3)12-20-9-5-6-10-20/h7-8,11,14,18H,4-6,9-10,12H2,1-3H3,(H,19,21). The molecule has 1 aliphatic rings. The summed E-state index contributed by atoms with van der Waals surface area (Å²) < 4.78 is 0.